The van der Waals surface area contributed by atoms with Crippen LogP contribution in [0.1, 0.15) is 42.9 Å². The van der Waals surface area contributed by atoms with E-state index in [-0.39, 0.29) is 24.0 Å². The maximum atomic E-state index is 5.53. The molecule has 1 aliphatic rings. The Labute approximate surface area is 209 Å². The van der Waals surface area contributed by atoms with Crippen molar-refractivity contribution in [2.75, 3.05) is 33.9 Å². The lowest BCUT2D eigenvalue weighted by Crippen LogP contribution is -2.36. The Balaban J connectivity index is 0.00000363. The fraction of sp³-hybridized carbons (Fsp3) is 0.480. The van der Waals surface area contributed by atoms with Gasteiger partial charge in [0.25, 0.3) is 0 Å². The minimum atomic E-state index is 0. The van der Waals surface area contributed by atoms with Crippen molar-refractivity contribution < 1.29 is 9.47 Å². The van der Waals surface area contributed by atoms with Gasteiger partial charge in [0, 0.05) is 25.2 Å². The summed E-state index contributed by atoms with van der Waals surface area (Å²) in [6.07, 6.45) is 4.03. The first-order valence-corrected chi connectivity index (χ1v) is 11.3. The van der Waals surface area contributed by atoms with Crippen LogP contribution in [0.3, 0.4) is 0 Å². The molecule has 0 unspecified atom stereocenters. The minimum Gasteiger partial charge on any atom is -0.493 e. The maximum Gasteiger partial charge on any atom is 0.191 e. The van der Waals surface area contributed by atoms with Gasteiger partial charge in [-0.1, -0.05) is 42.8 Å². The van der Waals surface area contributed by atoms with Gasteiger partial charge in [0.15, 0.2) is 17.5 Å². The van der Waals surface area contributed by atoms with E-state index in [1.165, 1.54) is 43.5 Å². The molecule has 1 heterocycles. The highest BCUT2D eigenvalue weighted by Gasteiger charge is 2.11. The average molecular weight is 553 g/mol. The molecule has 2 aromatic rings. The van der Waals surface area contributed by atoms with Crippen molar-refractivity contribution in [1.29, 1.82) is 0 Å². The van der Waals surface area contributed by atoms with E-state index in [4.69, 9.17) is 14.5 Å². The van der Waals surface area contributed by atoms with Crippen molar-refractivity contribution in [1.82, 2.24) is 15.5 Å². The Kier molecular flexibility index (Phi) is 11.7. The molecule has 0 amide bonds. The number of nitrogens with zero attached hydrogens (tertiary/aromatic N) is 2. The lowest BCUT2D eigenvalue weighted by atomic mass is 10.1. The summed E-state index contributed by atoms with van der Waals surface area (Å²) in [6, 6.07) is 14.8. The third-order valence-electron chi connectivity index (χ3n) is 5.57. The van der Waals surface area contributed by atoms with Crippen LogP contribution in [0.5, 0.6) is 11.5 Å². The molecule has 6 nitrogen and oxygen atoms in total. The Hall–Kier alpha value is -2.00. The van der Waals surface area contributed by atoms with E-state index in [1.807, 2.05) is 18.2 Å². The van der Waals surface area contributed by atoms with Gasteiger partial charge in [0.05, 0.1) is 20.8 Å². The predicted molar refractivity (Wildman–Crippen MR) is 142 cm³/mol. The largest absolute Gasteiger partial charge is 0.493 e. The van der Waals surface area contributed by atoms with Crippen molar-refractivity contribution in [3.63, 3.8) is 0 Å². The number of hydrogen-bond acceptors (Lipinski definition) is 4. The monoisotopic (exact) mass is 552 g/mol. The number of rotatable bonds is 9. The van der Waals surface area contributed by atoms with Gasteiger partial charge >= 0.3 is 0 Å². The van der Waals surface area contributed by atoms with Crippen LogP contribution >= 0.6 is 24.0 Å². The number of methoxy groups -OCH3 is 2. The van der Waals surface area contributed by atoms with Gasteiger partial charge in [-0.2, -0.15) is 0 Å². The number of likely N-dealkylation sites (tertiary alicyclic amines) is 1. The van der Waals surface area contributed by atoms with Gasteiger partial charge in [-0.15, -0.1) is 24.0 Å². The number of halogens is 1. The standard InChI is InChI=1S/C25H36N4O2.HI/c1-4-26-25(28-18-22-9-8-10-23(30-2)24(22)31-3)27-17-20-11-13-21(14-12-20)19-29-15-6-5-7-16-29;/h8-14H,4-7,15-19H2,1-3H3,(H2,26,27,28);1H. The molecule has 0 aliphatic carbocycles. The molecule has 2 aromatic carbocycles. The Bertz CT molecular complexity index is 836. The van der Waals surface area contributed by atoms with E-state index in [9.17, 15) is 0 Å². The lowest BCUT2D eigenvalue weighted by molar-refractivity contribution is 0.221. The molecule has 2 N–H and O–H groups in total. The predicted octanol–water partition coefficient (Wildman–Crippen LogP) is 4.56. The number of guanidine groups is 1. The van der Waals surface area contributed by atoms with Gasteiger partial charge in [-0.3, -0.25) is 4.90 Å². The third-order valence-corrected chi connectivity index (χ3v) is 5.57. The highest BCUT2D eigenvalue weighted by Crippen LogP contribution is 2.30. The third kappa shape index (κ3) is 7.85. The van der Waals surface area contributed by atoms with Crippen molar-refractivity contribution in [3.8, 4) is 11.5 Å². The molecule has 0 aromatic heterocycles. The van der Waals surface area contributed by atoms with Gasteiger partial charge in [-0.25, -0.2) is 4.99 Å². The van der Waals surface area contributed by atoms with Crippen LogP contribution in [0.2, 0.25) is 0 Å². The van der Waals surface area contributed by atoms with Crippen LogP contribution in [-0.4, -0.2) is 44.7 Å². The van der Waals surface area contributed by atoms with Gasteiger partial charge in [0.2, 0.25) is 0 Å². The zero-order valence-corrected chi connectivity index (χ0v) is 21.9. The Morgan fingerprint density at radius 1 is 0.938 bits per heavy atom. The summed E-state index contributed by atoms with van der Waals surface area (Å²) in [4.78, 5) is 7.31. The van der Waals surface area contributed by atoms with Crippen LogP contribution in [0, 0.1) is 0 Å². The van der Waals surface area contributed by atoms with Crippen LogP contribution in [-0.2, 0) is 19.6 Å². The summed E-state index contributed by atoms with van der Waals surface area (Å²) in [6.45, 7) is 7.60. The highest BCUT2D eigenvalue weighted by molar-refractivity contribution is 14.0. The molecule has 176 valence electrons. The number of hydrogen-bond donors (Lipinski definition) is 2. The second-order valence-electron chi connectivity index (χ2n) is 7.85. The summed E-state index contributed by atoms with van der Waals surface area (Å²) in [5.74, 6) is 2.26. The SMILES string of the molecule is CCNC(=NCc1ccc(CN2CCCCC2)cc1)NCc1cccc(OC)c1OC.I. The summed E-state index contributed by atoms with van der Waals surface area (Å²) in [5, 5.41) is 6.71. The van der Waals surface area contributed by atoms with E-state index in [0.29, 0.717) is 13.1 Å². The van der Waals surface area contributed by atoms with E-state index in [0.717, 1.165) is 36.1 Å². The summed E-state index contributed by atoms with van der Waals surface area (Å²) < 4.78 is 10.9. The van der Waals surface area contributed by atoms with Crippen molar-refractivity contribution in [3.05, 3.63) is 59.2 Å². The van der Waals surface area contributed by atoms with Crippen LogP contribution in [0.4, 0.5) is 0 Å². The molecular weight excluding hydrogens is 515 g/mol. The first-order chi connectivity index (χ1) is 15.2. The summed E-state index contributed by atoms with van der Waals surface area (Å²) in [7, 11) is 3.31. The number of aliphatic imine (C=N–C) groups is 1. The Morgan fingerprint density at radius 3 is 2.31 bits per heavy atom. The van der Waals surface area contributed by atoms with Crippen LogP contribution in [0.25, 0.3) is 0 Å². The molecule has 32 heavy (non-hydrogen) atoms. The normalized spacial score (nSPS) is 14.4. The smallest absolute Gasteiger partial charge is 0.191 e. The topological polar surface area (TPSA) is 58.1 Å². The Morgan fingerprint density at radius 2 is 1.66 bits per heavy atom. The number of para-hydroxylation sites is 1. The zero-order chi connectivity index (χ0) is 21.9. The van der Waals surface area contributed by atoms with E-state index in [2.05, 4.69) is 46.7 Å². The summed E-state index contributed by atoms with van der Waals surface area (Å²) in [5.41, 5.74) is 3.61. The van der Waals surface area contributed by atoms with E-state index >= 15 is 0 Å². The van der Waals surface area contributed by atoms with E-state index < -0.39 is 0 Å². The molecule has 1 saturated heterocycles. The van der Waals surface area contributed by atoms with E-state index in [1.54, 1.807) is 14.2 Å². The fourth-order valence-corrected chi connectivity index (χ4v) is 3.91. The molecule has 0 atom stereocenters. The molecular formula is C25H37IN4O2. The number of benzene rings is 2. The first-order valence-electron chi connectivity index (χ1n) is 11.3. The second-order valence-corrected chi connectivity index (χ2v) is 7.85. The van der Waals surface area contributed by atoms with Crippen molar-refractivity contribution in [2.24, 2.45) is 4.99 Å². The van der Waals surface area contributed by atoms with Gasteiger partial charge in [-0.05, 0) is 50.0 Å². The number of piperidine rings is 1. The molecule has 1 aliphatic heterocycles. The minimum absolute atomic E-state index is 0. The molecule has 3 rings (SSSR count). The van der Waals surface area contributed by atoms with Crippen LogP contribution in [0.15, 0.2) is 47.5 Å². The van der Waals surface area contributed by atoms with Crippen molar-refractivity contribution in [2.45, 2.75) is 45.8 Å². The molecule has 1 fully saturated rings. The lowest BCUT2D eigenvalue weighted by Gasteiger charge is -2.26. The highest BCUT2D eigenvalue weighted by atomic mass is 127. The maximum absolute atomic E-state index is 5.53. The molecule has 0 saturated carbocycles. The van der Waals surface area contributed by atoms with Crippen LogP contribution < -0.4 is 20.1 Å². The molecule has 0 spiro atoms. The zero-order valence-electron chi connectivity index (χ0n) is 19.5. The molecule has 7 heteroatoms. The number of ether oxygens (including phenoxy) is 2. The number of nitrogens with one attached hydrogen (secondary N) is 2. The summed E-state index contributed by atoms with van der Waals surface area (Å²) >= 11 is 0. The average Bonchev–Trinajstić information content (AvgIpc) is 2.82. The van der Waals surface area contributed by atoms with Gasteiger partial charge in [0.1, 0.15) is 0 Å². The molecule has 0 radical (unpaired) electrons. The van der Waals surface area contributed by atoms with Gasteiger partial charge < -0.3 is 20.1 Å². The first kappa shape index (κ1) is 26.3. The van der Waals surface area contributed by atoms with Crippen molar-refractivity contribution >= 4 is 29.9 Å². The second kappa shape index (κ2) is 14.2. The fourth-order valence-electron chi connectivity index (χ4n) is 3.91. The molecule has 0 bridgehead atoms. The quantitative estimate of drug-likeness (QED) is 0.272.